The molecule has 2 aliphatic heterocycles. The lowest BCUT2D eigenvalue weighted by Gasteiger charge is -2.43. The third kappa shape index (κ3) is 2.56. The van der Waals surface area contributed by atoms with E-state index in [-0.39, 0.29) is 0 Å². The standard InChI is InChI=1S/C17H26N2/c1-3-18-15-11-16-9-10-17(12-15)19(16)13(2)14-7-5-4-6-8-14/h4-8,13,15-18H,3,9-12H2,1-2H3. The third-order valence-corrected chi connectivity index (χ3v) is 5.01. The Labute approximate surface area is 117 Å². The zero-order valence-corrected chi connectivity index (χ0v) is 12.2. The van der Waals surface area contributed by atoms with Crippen molar-refractivity contribution < 1.29 is 0 Å². The quantitative estimate of drug-likeness (QED) is 0.891. The van der Waals surface area contributed by atoms with Gasteiger partial charge in [0.15, 0.2) is 0 Å². The van der Waals surface area contributed by atoms with Crippen molar-refractivity contribution in [3.63, 3.8) is 0 Å². The molecule has 0 radical (unpaired) electrons. The van der Waals surface area contributed by atoms with Crippen LogP contribution in [0.25, 0.3) is 0 Å². The molecule has 1 N–H and O–H groups in total. The Morgan fingerprint density at radius 2 is 1.79 bits per heavy atom. The van der Waals surface area contributed by atoms with Crippen LogP contribution >= 0.6 is 0 Å². The molecule has 3 rings (SSSR count). The fourth-order valence-corrected chi connectivity index (χ4v) is 4.20. The Bertz CT molecular complexity index is 389. The highest BCUT2D eigenvalue weighted by molar-refractivity contribution is 5.20. The lowest BCUT2D eigenvalue weighted by Crippen LogP contribution is -2.49. The summed E-state index contributed by atoms with van der Waals surface area (Å²) in [4.78, 5) is 2.79. The topological polar surface area (TPSA) is 15.3 Å². The van der Waals surface area contributed by atoms with Gasteiger partial charge in [-0.25, -0.2) is 0 Å². The zero-order valence-electron chi connectivity index (χ0n) is 12.2. The van der Waals surface area contributed by atoms with E-state index in [0.29, 0.717) is 6.04 Å². The van der Waals surface area contributed by atoms with Crippen molar-refractivity contribution in [1.82, 2.24) is 10.2 Å². The van der Waals surface area contributed by atoms with E-state index < -0.39 is 0 Å². The molecule has 2 bridgehead atoms. The molecule has 2 nitrogen and oxygen atoms in total. The van der Waals surface area contributed by atoms with Gasteiger partial charge in [0.1, 0.15) is 0 Å². The number of benzene rings is 1. The first-order valence-corrected chi connectivity index (χ1v) is 7.85. The highest BCUT2D eigenvalue weighted by atomic mass is 15.3. The molecule has 3 atom stereocenters. The van der Waals surface area contributed by atoms with E-state index in [4.69, 9.17) is 0 Å². The second kappa shape index (κ2) is 5.64. The van der Waals surface area contributed by atoms with Crippen LogP contribution in [0.15, 0.2) is 30.3 Å². The summed E-state index contributed by atoms with van der Waals surface area (Å²) >= 11 is 0. The van der Waals surface area contributed by atoms with E-state index in [2.05, 4.69) is 54.4 Å². The number of nitrogens with one attached hydrogen (secondary N) is 1. The van der Waals surface area contributed by atoms with Crippen LogP contribution in [0.5, 0.6) is 0 Å². The summed E-state index contributed by atoms with van der Waals surface area (Å²) in [6, 6.07) is 13.9. The second-order valence-corrected chi connectivity index (χ2v) is 6.14. The molecular weight excluding hydrogens is 232 g/mol. The zero-order chi connectivity index (χ0) is 13.2. The van der Waals surface area contributed by atoms with Crippen molar-refractivity contribution in [2.45, 2.75) is 63.7 Å². The summed E-state index contributed by atoms with van der Waals surface area (Å²) in [5, 5.41) is 3.66. The van der Waals surface area contributed by atoms with Crippen LogP contribution in [0.3, 0.4) is 0 Å². The van der Waals surface area contributed by atoms with Crippen molar-refractivity contribution in [2.75, 3.05) is 6.54 Å². The minimum atomic E-state index is 0.571. The van der Waals surface area contributed by atoms with Gasteiger partial charge in [-0.15, -0.1) is 0 Å². The summed E-state index contributed by atoms with van der Waals surface area (Å²) in [6.07, 6.45) is 5.45. The maximum atomic E-state index is 3.66. The molecule has 19 heavy (non-hydrogen) atoms. The highest BCUT2D eigenvalue weighted by Crippen LogP contribution is 2.41. The molecule has 2 heterocycles. The molecule has 104 valence electrons. The lowest BCUT2D eigenvalue weighted by atomic mass is 9.93. The SMILES string of the molecule is CCNC1CC2CCC(C1)N2C(C)c1ccccc1. The Morgan fingerprint density at radius 1 is 1.16 bits per heavy atom. The van der Waals surface area contributed by atoms with Gasteiger partial charge in [0.25, 0.3) is 0 Å². The number of hydrogen-bond acceptors (Lipinski definition) is 2. The molecule has 0 amide bonds. The summed E-state index contributed by atoms with van der Waals surface area (Å²) in [5.74, 6) is 0. The molecule has 0 aliphatic carbocycles. The van der Waals surface area contributed by atoms with E-state index in [1.807, 2.05) is 0 Å². The molecule has 1 aromatic rings. The van der Waals surface area contributed by atoms with Gasteiger partial charge in [0.05, 0.1) is 0 Å². The van der Waals surface area contributed by atoms with E-state index in [1.54, 1.807) is 0 Å². The summed E-state index contributed by atoms with van der Waals surface area (Å²) in [6.45, 7) is 5.72. The van der Waals surface area contributed by atoms with Gasteiger partial charge in [-0.2, -0.15) is 0 Å². The minimum absolute atomic E-state index is 0.571. The van der Waals surface area contributed by atoms with Gasteiger partial charge in [-0.1, -0.05) is 37.3 Å². The molecule has 2 fully saturated rings. The van der Waals surface area contributed by atoms with Gasteiger partial charge in [-0.3, -0.25) is 4.90 Å². The molecule has 0 saturated carbocycles. The average molecular weight is 258 g/mol. The van der Waals surface area contributed by atoms with E-state index in [0.717, 1.165) is 24.7 Å². The van der Waals surface area contributed by atoms with Crippen LogP contribution in [0.1, 0.15) is 51.1 Å². The largest absolute Gasteiger partial charge is 0.314 e. The molecule has 2 aliphatic rings. The molecule has 0 aromatic heterocycles. The molecule has 2 saturated heterocycles. The van der Waals surface area contributed by atoms with Crippen molar-refractivity contribution in [3.05, 3.63) is 35.9 Å². The normalized spacial score (nSPS) is 32.4. The fraction of sp³-hybridized carbons (Fsp3) is 0.647. The van der Waals surface area contributed by atoms with E-state index >= 15 is 0 Å². The number of fused-ring (bicyclic) bond motifs is 2. The molecular formula is C17H26N2. The summed E-state index contributed by atoms with van der Waals surface area (Å²) in [7, 11) is 0. The highest BCUT2D eigenvalue weighted by Gasteiger charge is 2.42. The minimum Gasteiger partial charge on any atom is -0.314 e. The van der Waals surface area contributed by atoms with E-state index in [1.165, 1.54) is 31.2 Å². The second-order valence-electron chi connectivity index (χ2n) is 6.14. The van der Waals surface area contributed by atoms with Crippen LogP contribution < -0.4 is 5.32 Å². The molecule has 3 unspecified atom stereocenters. The van der Waals surface area contributed by atoms with Gasteiger partial charge in [0.2, 0.25) is 0 Å². The predicted octanol–water partition coefficient (Wildman–Crippen LogP) is 3.35. The number of nitrogens with zero attached hydrogens (tertiary/aromatic N) is 1. The monoisotopic (exact) mass is 258 g/mol. The first-order chi connectivity index (χ1) is 9.29. The maximum Gasteiger partial charge on any atom is 0.0325 e. The Balaban J connectivity index is 1.73. The number of rotatable bonds is 4. The Morgan fingerprint density at radius 3 is 2.37 bits per heavy atom. The average Bonchev–Trinajstić information content (AvgIpc) is 2.71. The van der Waals surface area contributed by atoms with Crippen LogP contribution in [-0.2, 0) is 0 Å². The van der Waals surface area contributed by atoms with Gasteiger partial charge in [-0.05, 0) is 44.7 Å². The predicted molar refractivity (Wildman–Crippen MR) is 80.2 cm³/mol. The van der Waals surface area contributed by atoms with Crippen LogP contribution in [0, 0.1) is 0 Å². The summed E-state index contributed by atoms with van der Waals surface area (Å²) in [5.41, 5.74) is 1.47. The lowest BCUT2D eigenvalue weighted by molar-refractivity contribution is 0.0775. The summed E-state index contributed by atoms with van der Waals surface area (Å²) < 4.78 is 0. The fourth-order valence-electron chi connectivity index (χ4n) is 4.20. The van der Waals surface area contributed by atoms with Crippen molar-refractivity contribution in [2.24, 2.45) is 0 Å². The number of piperidine rings is 1. The molecule has 2 heteroatoms. The Hall–Kier alpha value is -0.860. The van der Waals surface area contributed by atoms with Crippen LogP contribution in [-0.4, -0.2) is 29.6 Å². The van der Waals surface area contributed by atoms with Gasteiger partial charge in [0, 0.05) is 24.2 Å². The first kappa shape index (κ1) is 13.1. The van der Waals surface area contributed by atoms with Crippen molar-refractivity contribution in [1.29, 1.82) is 0 Å². The molecule has 0 spiro atoms. The van der Waals surface area contributed by atoms with Crippen molar-refractivity contribution in [3.8, 4) is 0 Å². The van der Waals surface area contributed by atoms with Gasteiger partial charge < -0.3 is 5.32 Å². The first-order valence-electron chi connectivity index (χ1n) is 7.85. The van der Waals surface area contributed by atoms with E-state index in [9.17, 15) is 0 Å². The van der Waals surface area contributed by atoms with Crippen LogP contribution in [0.4, 0.5) is 0 Å². The van der Waals surface area contributed by atoms with Crippen molar-refractivity contribution >= 4 is 0 Å². The number of hydrogen-bond donors (Lipinski definition) is 1. The Kier molecular flexibility index (Phi) is 3.90. The third-order valence-electron chi connectivity index (χ3n) is 5.01. The molecule has 1 aromatic carbocycles. The van der Waals surface area contributed by atoms with Crippen LogP contribution in [0.2, 0.25) is 0 Å². The maximum absolute atomic E-state index is 3.66. The van der Waals surface area contributed by atoms with Gasteiger partial charge >= 0.3 is 0 Å². The smallest absolute Gasteiger partial charge is 0.0325 e.